The van der Waals surface area contributed by atoms with E-state index in [9.17, 15) is 13.2 Å². The monoisotopic (exact) mass is 175 g/mol. The van der Waals surface area contributed by atoms with Gasteiger partial charge in [0.2, 0.25) is 0 Å². The van der Waals surface area contributed by atoms with Crippen LogP contribution in [0.15, 0.2) is 24.1 Å². The van der Waals surface area contributed by atoms with Gasteiger partial charge in [0.05, 0.1) is 0 Å². The van der Waals surface area contributed by atoms with Crippen molar-refractivity contribution in [1.82, 2.24) is 0 Å². The summed E-state index contributed by atoms with van der Waals surface area (Å²) >= 11 is -2.15. The molecule has 3 atom stereocenters. The molecule has 2 nitrogen and oxygen atoms in total. The van der Waals surface area contributed by atoms with E-state index < -0.39 is 16.3 Å². The van der Waals surface area contributed by atoms with E-state index in [0.29, 0.717) is 0 Å². The molecule has 1 rings (SSSR count). The maximum absolute atomic E-state index is 12.4. The van der Waals surface area contributed by atoms with Crippen LogP contribution >= 0.6 is 0 Å². The molecule has 0 N–H and O–H groups in total. The second-order valence-electron chi connectivity index (χ2n) is 2.49. The Hall–Kier alpha value is -0.480. The lowest BCUT2D eigenvalue weighted by Crippen LogP contribution is -2.21. The van der Waals surface area contributed by atoms with Crippen LogP contribution < -0.4 is 0 Å². The SMILES string of the molecule is CC1C=C(F)C=CC1S(=O)[O-]. The smallest absolute Gasteiger partial charge is 0.119 e. The molecular formula is C7H8FO2S-. The lowest BCUT2D eigenvalue weighted by Gasteiger charge is -2.22. The van der Waals surface area contributed by atoms with E-state index in [1.54, 1.807) is 6.92 Å². The average molecular weight is 175 g/mol. The standard InChI is InChI=1S/C7H9FO2S/c1-5-4-6(8)2-3-7(5)11(9)10/h2-5,7H,1H3,(H,9,10)/p-1. The largest absolute Gasteiger partial charge is 0.772 e. The van der Waals surface area contributed by atoms with Crippen molar-refractivity contribution in [1.29, 1.82) is 0 Å². The predicted octanol–water partition coefficient (Wildman–Crippen LogP) is 1.29. The van der Waals surface area contributed by atoms with Crippen LogP contribution in [0.3, 0.4) is 0 Å². The minimum atomic E-state index is -2.15. The highest BCUT2D eigenvalue weighted by Gasteiger charge is 2.16. The van der Waals surface area contributed by atoms with Crippen LogP contribution in [0.2, 0.25) is 0 Å². The molecule has 3 unspecified atom stereocenters. The van der Waals surface area contributed by atoms with Gasteiger partial charge in [-0.1, -0.05) is 13.0 Å². The van der Waals surface area contributed by atoms with Gasteiger partial charge >= 0.3 is 0 Å². The van der Waals surface area contributed by atoms with Crippen LogP contribution in [0.5, 0.6) is 0 Å². The van der Waals surface area contributed by atoms with Crippen LogP contribution in [0.1, 0.15) is 6.92 Å². The average Bonchev–Trinajstić information content (AvgIpc) is 1.85. The summed E-state index contributed by atoms with van der Waals surface area (Å²) in [6.45, 7) is 1.67. The fraction of sp³-hybridized carbons (Fsp3) is 0.429. The Bertz CT molecular complexity index is 235. The van der Waals surface area contributed by atoms with Crippen molar-refractivity contribution in [3.63, 3.8) is 0 Å². The van der Waals surface area contributed by atoms with Gasteiger partial charge in [0.25, 0.3) is 0 Å². The molecule has 0 saturated heterocycles. The van der Waals surface area contributed by atoms with Gasteiger partial charge in [-0.25, -0.2) is 4.39 Å². The number of allylic oxidation sites excluding steroid dienone is 3. The van der Waals surface area contributed by atoms with E-state index in [0.717, 1.165) is 0 Å². The van der Waals surface area contributed by atoms with Crippen LogP contribution in [0.25, 0.3) is 0 Å². The quantitative estimate of drug-likeness (QED) is 0.563. The van der Waals surface area contributed by atoms with Gasteiger partial charge in [0.1, 0.15) is 5.83 Å². The maximum atomic E-state index is 12.4. The molecule has 0 heterocycles. The van der Waals surface area contributed by atoms with E-state index in [-0.39, 0.29) is 11.7 Å². The van der Waals surface area contributed by atoms with Crippen molar-refractivity contribution in [2.75, 3.05) is 0 Å². The molecule has 0 aromatic rings. The normalized spacial score (nSPS) is 33.2. The molecule has 0 amide bonds. The summed E-state index contributed by atoms with van der Waals surface area (Å²) in [5.74, 6) is -0.627. The second-order valence-corrected chi connectivity index (χ2v) is 3.56. The minimum absolute atomic E-state index is 0.265. The van der Waals surface area contributed by atoms with Crippen molar-refractivity contribution in [2.24, 2.45) is 5.92 Å². The zero-order valence-corrected chi connectivity index (χ0v) is 6.81. The molecule has 1 aliphatic carbocycles. The van der Waals surface area contributed by atoms with E-state index in [1.807, 2.05) is 0 Å². The van der Waals surface area contributed by atoms with Gasteiger partial charge < -0.3 is 4.55 Å². The van der Waals surface area contributed by atoms with Gasteiger partial charge in [-0.05, 0) is 29.2 Å². The molecular weight excluding hydrogens is 167 g/mol. The lowest BCUT2D eigenvalue weighted by molar-refractivity contribution is 0.513. The minimum Gasteiger partial charge on any atom is -0.772 e. The highest BCUT2D eigenvalue weighted by molar-refractivity contribution is 7.80. The van der Waals surface area contributed by atoms with Gasteiger partial charge in [0, 0.05) is 5.25 Å². The summed E-state index contributed by atoms with van der Waals surface area (Å²) < 4.78 is 33.4. The zero-order chi connectivity index (χ0) is 8.43. The summed E-state index contributed by atoms with van der Waals surface area (Å²) in [5.41, 5.74) is 0. The fourth-order valence-corrected chi connectivity index (χ4v) is 1.64. The third-order valence-corrected chi connectivity index (χ3v) is 2.64. The lowest BCUT2D eigenvalue weighted by atomic mass is 10.0. The Balaban J connectivity index is 2.77. The molecule has 62 valence electrons. The van der Waals surface area contributed by atoms with E-state index in [4.69, 9.17) is 0 Å². The predicted molar refractivity (Wildman–Crippen MR) is 40.2 cm³/mol. The molecule has 0 spiro atoms. The zero-order valence-electron chi connectivity index (χ0n) is 5.99. The molecule has 0 aromatic carbocycles. The van der Waals surface area contributed by atoms with Crippen LogP contribution in [0.4, 0.5) is 4.39 Å². The molecule has 0 bridgehead atoms. The third-order valence-electron chi connectivity index (χ3n) is 1.61. The number of halogens is 1. The number of rotatable bonds is 1. The summed E-state index contributed by atoms with van der Waals surface area (Å²) in [4.78, 5) is 0. The van der Waals surface area contributed by atoms with Crippen molar-refractivity contribution in [3.05, 3.63) is 24.1 Å². The highest BCUT2D eigenvalue weighted by atomic mass is 32.2. The van der Waals surface area contributed by atoms with Crippen molar-refractivity contribution < 1.29 is 13.2 Å². The van der Waals surface area contributed by atoms with E-state index in [1.165, 1.54) is 18.2 Å². The maximum Gasteiger partial charge on any atom is 0.119 e. The van der Waals surface area contributed by atoms with Crippen molar-refractivity contribution >= 4 is 11.1 Å². The second kappa shape index (κ2) is 3.28. The number of hydrogen-bond donors (Lipinski definition) is 0. The van der Waals surface area contributed by atoms with Crippen LogP contribution in [-0.4, -0.2) is 14.0 Å². The van der Waals surface area contributed by atoms with E-state index in [2.05, 4.69) is 0 Å². The summed E-state index contributed by atoms with van der Waals surface area (Å²) in [7, 11) is 0. The Morgan fingerprint density at radius 2 is 2.36 bits per heavy atom. The van der Waals surface area contributed by atoms with Crippen molar-refractivity contribution in [3.8, 4) is 0 Å². The molecule has 0 fully saturated rings. The van der Waals surface area contributed by atoms with Gasteiger partial charge in [0.15, 0.2) is 0 Å². The van der Waals surface area contributed by atoms with E-state index >= 15 is 0 Å². The molecule has 4 heteroatoms. The Morgan fingerprint density at radius 3 is 2.82 bits per heavy atom. The molecule has 0 saturated carbocycles. The number of hydrogen-bond acceptors (Lipinski definition) is 2. The fourth-order valence-electron chi connectivity index (χ4n) is 1.00. The molecule has 11 heavy (non-hydrogen) atoms. The first kappa shape index (κ1) is 8.62. The summed E-state index contributed by atoms with van der Waals surface area (Å²) in [6, 6.07) is 0. The summed E-state index contributed by atoms with van der Waals surface area (Å²) in [6.07, 6.45) is 3.85. The topological polar surface area (TPSA) is 40.1 Å². The Morgan fingerprint density at radius 1 is 1.73 bits per heavy atom. The van der Waals surface area contributed by atoms with Gasteiger partial charge in [-0.15, -0.1) is 0 Å². The highest BCUT2D eigenvalue weighted by Crippen LogP contribution is 2.20. The molecule has 1 aliphatic rings. The van der Waals surface area contributed by atoms with Gasteiger partial charge in [-0.2, -0.15) is 0 Å². The van der Waals surface area contributed by atoms with Gasteiger partial charge in [-0.3, -0.25) is 4.21 Å². The van der Waals surface area contributed by atoms with Crippen molar-refractivity contribution in [2.45, 2.75) is 12.2 Å². The Labute approximate surface area is 67.1 Å². The first-order valence-electron chi connectivity index (χ1n) is 3.25. The van der Waals surface area contributed by atoms with Crippen LogP contribution in [-0.2, 0) is 11.1 Å². The molecule has 0 aromatic heterocycles. The molecule has 0 aliphatic heterocycles. The first-order chi connectivity index (χ1) is 5.11. The van der Waals surface area contributed by atoms with Crippen LogP contribution in [0, 0.1) is 5.92 Å². The summed E-state index contributed by atoms with van der Waals surface area (Å²) in [5, 5.41) is -0.575. The Kier molecular flexibility index (Phi) is 2.57. The molecule has 0 radical (unpaired) electrons. The first-order valence-corrected chi connectivity index (χ1v) is 4.38. The third kappa shape index (κ3) is 1.97.